The Kier molecular flexibility index (Phi) is 3.53. The number of nitrogen functional groups attached to an aromatic ring is 1. The maximum atomic E-state index is 13.5. The van der Waals surface area contributed by atoms with Gasteiger partial charge in [0.2, 0.25) is 0 Å². The highest BCUT2D eigenvalue weighted by atomic mass is 35.5. The number of nitrogens with zero attached hydrogens (tertiary/aromatic N) is 1. The minimum Gasteiger partial charge on any atom is -0.398 e. The Labute approximate surface area is 123 Å². The van der Waals surface area contributed by atoms with Crippen molar-refractivity contribution in [3.05, 3.63) is 58.4 Å². The summed E-state index contributed by atoms with van der Waals surface area (Å²) in [5, 5.41) is 0.212. The third-order valence-corrected chi connectivity index (χ3v) is 4.20. The zero-order valence-corrected chi connectivity index (χ0v) is 11.8. The zero-order chi connectivity index (χ0) is 14.1. The fourth-order valence-corrected chi connectivity index (χ4v) is 2.95. The van der Waals surface area contributed by atoms with Gasteiger partial charge in [-0.3, -0.25) is 0 Å². The number of fused-ring (bicyclic) bond motifs is 1. The highest BCUT2D eigenvalue weighted by molar-refractivity contribution is 6.31. The van der Waals surface area contributed by atoms with E-state index >= 15 is 0 Å². The topological polar surface area (TPSA) is 29.3 Å². The second-order valence-corrected chi connectivity index (χ2v) is 5.46. The smallest absolute Gasteiger partial charge is 0.142 e. The number of nitrogens with two attached hydrogens (primary N) is 1. The third kappa shape index (κ3) is 2.34. The van der Waals surface area contributed by atoms with Crippen molar-refractivity contribution >= 4 is 23.0 Å². The van der Waals surface area contributed by atoms with Crippen molar-refractivity contribution < 1.29 is 4.39 Å². The predicted octanol–water partition coefficient (Wildman–Crippen LogP) is 4.01. The predicted molar refractivity (Wildman–Crippen MR) is 81.6 cm³/mol. The highest BCUT2D eigenvalue weighted by Gasteiger charge is 2.19. The van der Waals surface area contributed by atoms with Gasteiger partial charge in [-0.15, -0.1) is 0 Å². The maximum Gasteiger partial charge on any atom is 0.142 e. The zero-order valence-electron chi connectivity index (χ0n) is 11.1. The Morgan fingerprint density at radius 1 is 1.20 bits per heavy atom. The SMILES string of the molecule is Nc1cccc2c1CCCN2Cc1cccc(F)c1Cl. The van der Waals surface area contributed by atoms with E-state index in [1.807, 2.05) is 18.2 Å². The third-order valence-electron chi connectivity index (χ3n) is 3.78. The molecule has 0 aromatic heterocycles. The second kappa shape index (κ2) is 5.33. The molecule has 0 atom stereocenters. The van der Waals surface area contributed by atoms with Crippen LogP contribution < -0.4 is 10.6 Å². The number of anilines is 2. The summed E-state index contributed by atoms with van der Waals surface area (Å²) in [5.74, 6) is -0.367. The van der Waals surface area contributed by atoms with Crippen molar-refractivity contribution in [2.24, 2.45) is 0 Å². The lowest BCUT2D eigenvalue weighted by Crippen LogP contribution is -2.29. The summed E-state index contributed by atoms with van der Waals surface area (Å²) in [7, 11) is 0. The first-order valence-corrected chi connectivity index (χ1v) is 7.10. The van der Waals surface area contributed by atoms with Crippen molar-refractivity contribution in [2.75, 3.05) is 17.2 Å². The molecule has 1 aliphatic rings. The normalized spacial score (nSPS) is 14.2. The Morgan fingerprint density at radius 2 is 2.00 bits per heavy atom. The monoisotopic (exact) mass is 290 g/mol. The molecule has 0 aliphatic carbocycles. The van der Waals surface area contributed by atoms with Crippen molar-refractivity contribution in [3.63, 3.8) is 0 Å². The number of hydrogen-bond acceptors (Lipinski definition) is 2. The van der Waals surface area contributed by atoms with Gasteiger partial charge in [-0.1, -0.05) is 29.8 Å². The van der Waals surface area contributed by atoms with Crippen LogP contribution in [0.4, 0.5) is 15.8 Å². The first kappa shape index (κ1) is 13.3. The molecule has 3 rings (SSSR count). The number of hydrogen-bond donors (Lipinski definition) is 1. The fraction of sp³-hybridized carbons (Fsp3) is 0.250. The molecule has 0 saturated carbocycles. The van der Waals surface area contributed by atoms with E-state index < -0.39 is 0 Å². The van der Waals surface area contributed by atoms with Gasteiger partial charge in [0.05, 0.1) is 5.02 Å². The molecule has 0 unspecified atom stereocenters. The standard InChI is InChI=1S/C16H16ClFN2/c17-16-11(4-1-6-13(16)18)10-20-9-3-5-12-14(19)7-2-8-15(12)20/h1-2,4,6-8H,3,5,9-10,19H2. The van der Waals surface area contributed by atoms with E-state index in [1.54, 1.807) is 6.07 Å². The van der Waals surface area contributed by atoms with Crippen LogP contribution in [0.25, 0.3) is 0 Å². The molecule has 0 spiro atoms. The van der Waals surface area contributed by atoms with Crippen LogP contribution in [0.1, 0.15) is 17.5 Å². The van der Waals surface area contributed by atoms with E-state index in [1.165, 1.54) is 11.6 Å². The molecule has 2 N–H and O–H groups in total. The second-order valence-electron chi connectivity index (χ2n) is 5.08. The molecule has 2 nitrogen and oxygen atoms in total. The van der Waals surface area contributed by atoms with Crippen LogP contribution in [-0.4, -0.2) is 6.54 Å². The van der Waals surface area contributed by atoms with E-state index in [9.17, 15) is 4.39 Å². The van der Waals surface area contributed by atoms with E-state index in [0.717, 1.165) is 36.3 Å². The van der Waals surface area contributed by atoms with Crippen molar-refractivity contribution in [2.45, 2.75) is 19.4 Å². The Morgan fingerprint density at radius 3 is 2.85 bits per heavy atom. The summed E-state index contributed by atoms with van der Waals surface area (Å²) in [6.07, 6.45) is 2.05. The van der Waals surface area contributed by atoms with E-state index in [0.29, 0.717) is 6.54 Å². The van der Waals surface area contributed by atoms with E-state index in [2.05, 4.69) is 11.0 Å². The first-order chi connectivity index (χ1) is 9.66. The summed E-state index contributed by atoms with van der Waals surface area (Å²) < 4.78 is 13.5. The molecule has 4 heteroatoms. The van der Waals surface area contributed by atoms with Gasteiger partial charge >= 0.3 is 0 Å². The van der Waals surface area contributed by atoms with Crippen molar-refractivity contribution in [1.82, 2.24) is 0 Å². The lowest BCUT2D eigenvalue weighted by Gasteiger charge is -2.32. The van der Waals surface area contributed by atoms with Crippen LogP contribution in [0.2, 0.25) is 5.02 Å². The molecule has 0 fully saturated rings. The lowest BCUT2D eigenvalue weighted by molar-refractivity contribution is 0.623. The molecular formula is C16H16ClFN2. The minimum atomic E-state index is -0.367. The van der Waals surface area contributed by atoms with Gasteiger partial charge < -0.3 is 10.6 Å². The average molecular weight is 291 g/mol. The van der Waals surface area contributed by atoms with E-state index in [4.69, 9.17) is 17.3 Å². The average Bonchev–Trinajstić information content (AvgIpc) is 2.45. The van der Waals surface area contributed by atoms with Gasteiger partial charge in [-0.05, 0) is 42.2 Å². The number of benzene rings is 2. The van der Waals surface area contributed by atoms with Crippen molar-refractivity contribution in [1.29, 1.82) is 0 Å². The van der Waals surface area contributed by atoms with Gasteiger partial charge in [0.25, 0.3) is 0 Å². The molecule has 0 saturated heterocycles. The Bertz CT molecular complexity index is 642. The summed E-state index contributed by atoms with van der Waals surface area (Å²) in [6, 6.07) is 10.9. The van der Waals surface area contributed by atoms with Crippen LogP contribution in [0.3, 0.4) is 0 Å². The Balaban J connectivity index is 1.94. The van der Waals surface area contributed by atoms with Gasteiger partial charge in [-0.25, -0.2) is 4.39 Å². The molecule has 2 aromatic rings. The lowest BCUT2D eigenvalue weighted by atomic mass is 9.99. The van der Waals surface area contributed by atoms with Gasteiger partial charge in [0, 0.05) is 24.5 Å². The fourth-order valence-electron chi connectivity index (χ4n) is 2.77. The molecule has 1 heterocycles. The highest BCUT2D eigenvalue weighted by Crippen LogP contribution is 2.33. The molecule has 0 amide bonds. The van der Waals surface area contributed by atoms with Crippen LogP contribution >= 0.6 is 11.6 Å². The van der Waals surface area contributed by atoms with Crippen LogP contribution in [0, 0.1) is 5.82 Å². The molecule has 1 aliphatic heterocycles. The minimum absolute atomic E-state index is 0.212. The van der Waals surface area contributed by atoms with Gasteiger partial charge in [-0.2, -0.15) is 0 Å². The number of rotatable bonds is 2. The van der Waals surface area contributed by atoms with Gasteiger partial charge in [0.15, 0.2) is 0 Å². The molecule has 0 bridgehead atoms. The molecule has 0 radical (unpaired) electrons. The van der Waals surface area contributed by atoms with Crippen molar-refractivity contribution in [3.8, 4) is 0 Å². The number of halogens is 2. The quantitative estimate of drug-likeness (QED) is 0.847. The summed E-state index contributed by atoms with van der Waals surface area (Å²) >= 11 is 6.04. The summed E-state index contributed by atoms with van der Waals surface area (Å²) in [4.78, 5) is 2.22. The van der Waals surface area contributed by atoms with Crippen LogP contribution in [0.15, 0.2) is 36.4 Å². The molecular weight excluding hydrogens is 275 g/mol. The first-order valence-electron chi connectivity index (χ1n) is 6.72. The van der Waals surface area contributed by atoms with Crippen LogP contribution in [0.5, 0.6) is 0 Å². The molecule has 2 aromatic carbocycles. The Hall–Kier alpha value is -1.74. The van der Waals surface area contributed by atoms with Gasteiger partial charge in [0.1, 0.15) is 5.82 Å². The largest absolute Gasteiger partial charge is 0.398 e. The molecule has 104 valence electrons. The molecule has 20 heavy (non-hydrogen) atoms. The summed E-state index contributed by atoms with van der Waals surface area (Å²) in [5.41, 5.74) is 10.00. The van der Waals surface area contributed by atoms with Crippen LogP contribution in [-0.2, 0) is 13.0 Å². The summed E-state index contributed by atoms with van der Waals surface area (Å²) in [6.45, 7) is 1.54. The maximum absolute atomic E-state index is 13.5. The van der Waals surface area contributed by atoms with E-state index in [-0.39, 0.29) is 10.8 Å².